The van der Waals surface area contributed by atoms with Crippen LogP contribution in [0.15, 0.2) is 0 Å². The lowest BCUT2D eigenvalue weighted by Gasteiger charge is -2.38. The third-order valence-corrected chi connectivity index (χ3v) is 10.9. The van der Waals surface area contributed by atoms with E-state index in [1.165, 1.54) is 0 Å². The Morgan fingerprint density at radius 3 is 1.55 bits per heavy atom. The summed E-state index contributed by atoms with van der Waals surface area (Å²) >= 11 is 0. The molecule has 0 aromatic rings. The molecule has 0 heterocycles. The molecule has 0 atom stereocenters. The van der Waals surface area contributed by atoms with Crippen LogP contribution in [0.5, 0.6) is 0 Å². The van der Waals surface area contributed by atoms with Crippen LogP contribution in [0.2, 0.25) is 18.6 Å². The SMILES string of the molecule is CCO[Si](C)(CC[Si](OC)(OC)N(CC)CC)OCC. The molecule has 0 aromatic carbocycles. The van der Waals surface area contributed by atoms with E-state index in [9.17, 15) is 0 Å². The molecule has 0 saturated heterocycles. The molecule has 0 aliphatic carbocycles. The van der Waals surface area contributed by atoms with Gasteiger partial charge in [0, 0.05) is 33.5 Å². The van der Waals surface area contributed by atoms with Gasteiger partial charge in [-0.1, -0.05) is 13.8 Å². The van der Waals surface area contributed by atoms with Gasteiger partial charge < -0.3 is 17.7 Å². The van der Waals surface area contributed by atoms with Crippen molar-refractivity contribution in [3.63, 3.8) is 0 Å². The summed E-state index contributed by atoms with van der Waals surface area (Å²) in [6, 6.07) is 1.78. The van der Waals surface area contributed by atoms with Gasteiger partial charge in [0.25, 0.3) is 0 Å². The van der Waals surface area contributed by atoms with Gasteiger partial charge in [-0.3, -0.25) is 4.57 Å². The van der Waals surface area contributed by atoms with E-state index in [4.69, 9.17) is 17.7 Å². The highest BCUT2D eigenvalue weighted by Gasteiger charge is 2.45. The summed E-state index contributed by atoms with van der Waals surface area (Å²) in [5.41, 5.74) is 0. The molecule has 0 aromatic heterocycles. The fraction of sp³-hybridized carbons (Fsp3) is 1.00. The molecule has 0 spiro atoms. The summed E-state index contributed by atoms with van der Waals surface area (Å²) in [7, 11) is -0.931. The quantitative estimate of drug-likeness (QED) is 0.516. The second-order valence-electron chi connectivity index (χ2n) is 4.79. The van der Waals surface area contributed by atoms with E-state index in [1.807, 2.05) is 13.8 Å². The van der Waals surface area contributed by atoms with Crippen LogP contribution < -0.4 is 0 Å². The van der Waals surface area contributed by atoms with Crippen molar-refractivity contribution in [2.24, 2.45) is 0 Å². The summed E-state index contributed by atoms with van der Waals surface area (Å²) in [6.45, 7) is 13.7. The van der Waals surface area contributed by atoms with Crippen LogP contribution >= 0.6 is 0 Å². The van der Waals surface area contributed by atoms with Crippen LogP contribution in [0.4, 0.5) is 0 Å². The zero-order valence-electron chi connectivity index (χ0n) is 14.3. The summed E-state index contributed by atoms with van der Waals surface area (Å²) < 4.78 is 25.8. The van der Waals surface area contributed by atoms with Gasteiger partial charge in [-0.05, 0) is 39.5 Å². The third kappa shape index (κ3) is 5.55. The van der Waals surface area contributed by atoms with Gasteiger partial charge in [-0.2, -0.15) is 0 Å². The first-order chi connectivity index (χ1) is 9.47. The molecule has 0 bridgehead atoms. The molecule has 122 valence electrons. The number of hydrogen-bond acceptors (Lipinski definition) is 5. The van der Waals surface area contributed by atoms with Crippen LogP contribution in [0.3, 0.4) is 0 Å². The van der Waals surface area contributed by atoms with Crippen molar-refractivity contribution in [1.82, 2.24) is 4.57 Å². The molecule has 7 heteroatoms. The summed E-state index contributed by atoms with van der Waals surface area (Å²) in [5, 5.41) is 0. The molecule has 20 heavy (non-hydrogen) atoms. The number of nitrogens with zero attached hydrogens (tertiary/aromatic N) is 1. The van der Waals surface area contributed by atoms with Crippen molar-refractivity contribution in [2.75, 3.05) is 40.5 Å². The Morgan fingerprint density at radius 2 is 1.25 bits per heavy atom. The average molecular weight is 324 g/mol. The van der Waals surface area contributed by atoms with Crippen LogP contribution in [-0.2, 0) is 17.7 Å². The van der Waals surface area contributed by atoms with E-state index < -0.39 is 17.3 Å². The maximum absolute atomic E-state index is 5.91. The predicted octanol–water partition coefficient (Wildman–Crippen LogP) is 2.70. The molecule has 0 fully saturated rings. The molecular weight excluding hydrogens is 290 g/mol. The van der Waals surface area contributed by atoms with Crippen LogP contribution in [0.25, 0.3) is 0 Å². The fourth-order valence-electron chi connectivity index (χ4n) is 2.59. The maximum atomic E-state index is 5.91. The minimum absolute atomic E-state index is 0.697. The molecule has 0 aliphatic rings. The standard InChI is InChI=1S/C13H33NO4Si2/c1-8-14(9-2)20(15-5,16-6)13-12-19(7,17-10-3)18-11-4/h8-13H2,1-7H3. The highest BCUT2D eigenvalue weighted by molar-refractivity contribution is 6.71. The third-order valence-electron chi connectivity index (χ3n) is 3.68. The van der Waals surface area contributed by atoms with Gasteiger partial charge in [-0.15, -0.1) is 0 Å². The molecule has 0 unspecified atom stereocenters. The minimum Gasteiger partial charge on any atom is -0.395 e. The number of hydrogen-bond donors (Lipinski definition) is 0. The Bertz CT molecular complexity index is 243. The van der Waals surface area contributed by atoms with Crippen molar-refractivity contribution < 1.29 is 17.7 Å². The Kier molecular flexibility index (Phi) is 10.2. The van der Waals surface area contributed by atoms with Gasteiger partial charge in [0.15, 0.2) is 0 Å². The van der Waals surface area contributed by atoms with E-state index in [-0.39, 0.29) is 0 Å². The molecule has 0 aliphatic heterocycles. The molecule has 0 N–H and O–H groups in total. The molecule has 5 nitrogen and oxygen atoms in total. The Hall–Kier alpha value is 0.234. The summed E-state index contributed by atoms with van der Waals surface area (Å²) in [4.78, 5) is 0. The van der Waals surface area contributed by atoms with Crippen molar-refractivity contribution in [2.45, 2.75) is 46.3 Å². The lowest BCUT2D eigenvalue weighted by molar-refractivity contribution is 0.162. The molecule has 0 amide bonds. The van der Waals surface area contributed by atoms with Crippen LogP contribution in [0.1, 0.15) is 27.7 Å². The maximum Gasteiger partial charge on any atom is 0.427 e. The van der Waals surface area contributed by atoms with Gasteiger partial charge in [0.1, 0.15) is 0 Å². The van der Waals surface area contributed by atoms with E-state index >= 15 is 0 Å². The lowest BCUT2D eigenvalue weighted by Crippen LogP contribution is -2.58. The number of rotatable bonds is 12. The highest BCUT2D eigenvalue weighted by atomic mass is 28.4. The monoisotopic (exact) mass is 323 g/mol. The van der Waals surface area contributed by atoms with Gasteiger partial charge >= 0.3 is 17.3 Å². The first-order valence-corrected chi connectivity index (χ1v) is 12.1. The van der Waals surface area contributed by atoms with E-state index in [1.54, 1.807) is 14.2 Å². The Morgan fingerprint density at radius 1 is 0.800 bits per heavy atom. The summed E-state index contributed by atoms with van der Waals surface area (Å²) in [6.07, 6.45) is 0. The molecule has 0 rings (SSSR count). The van der Waals surface area contributed by atoms with E-state index in [0.29, 0.717) is 13.2 Å². The predicted molar refractivity (Wildman–Crippen MR) is 87.2 cm³/mol. The van der Waals surface area contributed by atoms with Crippen molar-refractivity contribution in [3.8, 4) is 0 Å². The lowest BCUT2D eigenvalue weighted by atomic mass is 10.7. The van der Waals surface area contributed by atoms with Crippen molar-refractivity contribution in [1.29, 1.82) is 0 Å². The fourth-order valence-corrected chi connectivity index (χ4v) is 9.64. The van der Waals surface area contributed by atoms with Crippen molar-refractivity contribution >= 4 is 17.3 Å². The minimum atomic E-state index is -2.33. The van der Waals surface area contributed by atoms with Crippen LogP contribution in [-0.4, -0.2) is 62.4 Å². The average Bonchev–Trinajstić information content (AvgIpc) is 2.44. The first kappa shape index (κ1) is 20.2. The Balaban J connectivity index is 4.89. The molecule has 0 saturated carbocycles. The largest absolute Gasteiger partial charge is 0.427 e. The Labute approximate surface area is 127 Å². The topological polar surface area (TPSA) is 40.2 Å². The van der Waals surface area contributed by atoms with E-state index in [2.05, 4.69) is 25.0 Å². The zero-order valence-corrected chi connectivity index (χ0v) is 16.3. The van der Waals surface area contributed by atoms with E-state index in [0.717, 1.165) is 25.2 Å². The van der Waals surface area contributed by atoms with Gasteiger partial charge in [0.2, 0.25) is 0 Å². The normalized spacial score (nSPS) is 13.2. The second kappa shape index (κ2) is 10.0. The smallest absolute Gasteiger partial charge is 0.395 e. The first-order valence-electron chi connectivity index (χ1n) is 7.60. The zero-order chi connectivity index (χ0) is 15.6. The van der Waals surface area contributed by atoms with Crippen molar-refractivity contribution in [3.05, 3.63) is 0 Å². The highest BCUT2D eigenvalue weighted by Crippen LogP contribution is 2.25. The van der Waals surface area contributed by atoms with Gasteiger partial charge in [-0.25, -0.2) is 0 Å². The molecule has 0 radical (unpaired) electrons. The second-order valence-corrected chi connectivity index (χ2v) is 11.5. The summed E-state index contributed by atoms with van der Waals surface area (Å²) in [5.74, 6) is 0. The molecular formula is C13H33NO4Si2. The van der Waals surface area contributed by atoms with Crippen LogP contribution in [0, 0.1) is 0 Å². The van der Waals surface area contributed by atoms with Gasteiger partial charge in [0.05, 0.1) is 0 Å².